The first-order valence-corrected chi connectivity index (χ1v) is 7.90. The van der Waals surface area contributed by atoms with Crippen molar-refractivity contribution in [3.05, 3.63) is 60.2 Å². The number of hydrogen-bond acceptors (Lipinski definition) is 3. The molecule has 0 fully saturated rings. The van der Waals surface area contributed by atoms with Crippen LogP contribution in [0, 0.1) is 0 Å². The molecule has 122 valence electrons. The fraction of sp³-hybridized carbons (Fsp3) is 0.316. The minimum atomic E-state index is -0.541. The van der Waals surface area contributed by atoms with Crippen molar-refractivity contribution in [3.63, 3.8) is 0 Å². The number of rotatable bonds is 8. The van der Waals surface area contributed by atoms with Crippen LogP contribution in [0.4, 0.5) is 0 Å². The van der Waals surface area contributed by atoms with Crippen molar-refractivity contribution in [2.24, 2.45) is 0 Å². The zero-order valence-electron chi connectivity index (χ0n) is 13.6. The lowest BCUT2D eigenvalue weighted by atomic mass is 10.2. The summed E-state index contributed by atoms with van der Waals surface area (Å²) in [6.45, 7) is 4.71. The lowest BCUT2D eigenvalue weighted by molar-refractivity contribution is -0.127. The van der Waals surface area contributed by atoms with E-state index in [-0.39, 0.29) is 5.91 Å². The molecule has 0 aromatic heterocycles. The summed E-state index contributed by atoms with van der Waals surface area (Å²) < 4.78 is 11.2. The first-order valence-electron chi connectivity index (χ1n) is 7.90. The van der Waals surface area contributed by atoms with E-state index < -0.39 is 6.10 Å². The Labute approximate surface area is 137 Å². The molecule has 4 nitrogen and oxygen atoms in total. The fourth-order valence-electron chi connectivity index (χ4n) is 2.06. The summed E-state index contributed by atoms with van der Waals surface area (Å²) in [5.74, 6) is 1.34. The van der Waals surface area contributed by atoms with Crippen LogP contribution < -0.4 is 14.8 Å². The van der Waals surface area contributed by atoms with Crippen LogP contribution >= 0.6 is 0 Å². The molecule has 2 rings (SSSR count). The highest BCUT2D eigenvalue weighted by molar-refractivity contribution is 5.80. The molecule has 2 aromatic rings. The molecule has 2 aromatic carbocycles. The summed E-state index contributed by atoms with van der Waals surface area (Å²) in [5, 5.41) is 2.81. The number of para-hydroxylation sites is 1. The second-order valence-corrected chi connectivity index (χ2v) is 5.21. The first-order chi connectivity index (χ1) is 11.2. The van der Waals surface area contributed by atoms with Crippen molar-refractivity contribution in [1.29, 1.82) is 0 Å². The summed E-state index contributed by atoms with van der Waals surface area (Å²) in [6, 6.07) is 17.3. The maximum atomic E-state index is 12.0. The number of carbonyl (C=O) groups excluding carboxylic acids is 1. The number of benzene rings is 2. The Morgan fingerprint density at radius 1 is 1.04 bits per heavy atom. The topological polar surface area (TPSA) is 47.6 Å². The molecule has 1 atom stereocenters. The highest BCUT2D eigenvalue weighted by Crippen LogP contribution is 2.12. The predicted molar refractivity (Wildman–Crippen MR) is 90.9 cm³/mol. The van der Waals surface area contributed by atoms with Crippen molar-refractivity contribution in [2.75, 3.05) is 13.2 Å². The average molecular weight is 313 g/mol. The maximum absolute atomic E-state index is 12.0. The van der Waals surface area contributed by atoms with Gasteiger partial charge < -0.3 is 14.8 Å². The summed E-state index contributed by atoms with van der Waals surface area (Å²) >= 11 is 0. The van der Waals surface area contributed by atoms with Gasteiger partial charge in [0.05, 0.1) is 6.54 Å². The molecule has 0 radical (unpaired) electrons. The number of amides is 1. The van der Waals surface area contributed by atoms with Crippen molar-refractivity contribution in [2.45, 2.75) is 26.4 Å². The van der Waals surface area contributed by atoms with Crippen LogP contribution in [-0.4, -0.2) is 25.2 Å². The van der Waals surface area contributed by atoms with Crippen LogP contribution in [-0.2, 0) is 11.2 Å². The second kappa shape index (κ2) is 8.83. The third kappa shape index (κ3) is 5.66. The van der Waals surface area contributed by atoms with Gasteiger partial charge in [-0.3, -0.25) is 4.79 Å². The quantitative estimate of drug-likeness (QED) is 0.761. The summed E-state index contributed by atoms with van der Waals surface area (Å²) in [5.41, 5.74) is 1.28. The summed E-state index contributed by atoms with van der Waals surface area (Å²) in [7, 11) is 0. The average Bonchev–Trinajstić information content (AvgIpc) is 2.60. The van der Waals surface area contributed by atoms with E-state index in [2.05, 4.69) is 12.2 Å². The lowest BCUT2D eigenvalue weighted by Gasteiger charge is -2.15. The molecule has 0 saturated heterocycles. The van der Waals surface area contributed by atoms with Crippen LogP contribution in [0.25, 0.3) is 0 Å². The second-order valence-electron chi connectivity index (χ2n) is 5.21. The maximum Gasteiger partial charge on any atom is 0.260 e. The van der Waals surface area contributed by atoms with E-state index in [0.29, 0.717) is 18.9 Å². The van der Waals surface area contributed by atoms with Crippen molar-refractivity contribution in [1.82, 2.24) is 5.32 Å². The number of hydrogen-bond donors (Lipinski definition) is 1. The van der Waals surface area contributed by atoms with Crippen LogP contribution in [0.1, 0.15) is 19.4 Å². The van der Waals surface area contributed by atoms with Gasteiger partial charge in [-0.1, -0.05) is 37.3 Å². The molecule has 0 heterocycles. The van der Waals surface area contributed by atoms with Gasteiger partial charge in [-0.05, 0) is 43.2 Å². The van der Waals surface area contributed by atoms with E-state index in [1.165, 1.54) is 5.56 Å². The third-order valence-electron chi connectivity index (χ3n) is 3.43. The van der Waals surface area contributed by atoms with Gasteiger partial charge in [-0.2, -0.15) is 0 Å². The molecule has 4 heteroatoms. The van der Waals surface area contributed by atoms with Crippen LogP contribution in [0.2, 0.25) is 0 Å². The summed E-state index contributed by atoms with van der Waals surface area (Å²) in [6.07, 6.45) is 0.469. The number of nitrogens with one attached hydrogen (secondary N) is 1. The zero-order valence-corrected chi connectivity index (χ0v) is 13.6. The molecule has 0 saturated carbocycles. The Morgan fingerprint density at radius 3 is 2.39 bits per heavy atom. The Morgan fingerprint density at radius 2 is 1.74 bits per heavy atom. The van der Waals surface area contributed by atoms with Gasteiger partial charge in [0.2, 0.25) is 0 Å². The van der Waals surface area contributed by atoms with E-state index in [0.717, 1.165) is 12.2 Å². The molecule has 0 bridgehead atoms. The van der Waals surface area contributed by atoms with E-state index in [1.54, 1.807) is 6.92 Å². The third-order valence-corrected chi connectivity index (χ3v) is 3.43. The molecule has 23 heavy (non-hydrogen) atoms. The SMILES string of the molecule is CCc1ccc(OCCNC(=O)[C@H](C)Oc2ccccc2)cc1. The Bertz CT molecular complexity index is 596. The molecular weight excluding hydrogens is 290 g/mol. The van der Waals surface area contributed by atoms with E-state index in [4.69, 9.17) is 9.47 Å². The van der Waals surface area contributed by atoms with Gasteiger partial charge in [0, 0.05) is 0 Å². The number of aryl methyl sites for hydroxylation is 1. The normalized spacial score (nSPS) is 11.6. The molecule has 1 amide bonds. The van der Waals surface area contributed by atoms with Gasteiger partial charge >= 0.3 is 0 Å². The van der Waals surface area contributed by atoms with Gasteiger partial charge in [0.15, 0.2) is 6.10 Å². The monoisotopic (exact) mass is 313 g/mol. The van der Waals surface area contributed by atoms with Crippen LogP contribution in [0.5, 0.6) is 11.5 Å². The smallest absolute Gasteiger partial charge is 0.260 e. The van der Waals surface area contributed by atoms with Crippen molar-refractivity contribution < 1.29 is 14.3 Å². The number of ether oxygens (including phenoxy) is 2. The van der Waals surface area contributed by atoms with Gasteiger partial charge in [0.25, 0.3) is 5.91 Å². The molecule has 0 aliphatic carbocycles. The van der Waals surface area contributed by atoms with Crippen LogP contribution in [0.15, 0.2) is 54.6 Å². The Kier molecular flexibility index (Phi) is 6.48. The Hall–Kier alpha value is -2.49. The zero-order chi connectivity index (χ0) is 16.5. The molecule has 0 spiro atoms. The van der Waals surface area contributed by atoms with Gasteiger partial charge in [-0.25, -0.2) is 0 Å². The molecular formula is C19H23NO3. The highest BCUT2D eigenvalue weighted by Gasteiger charge is 2.13. The molecule has 0 unspecified atom stereocenters. The minimum absolute atomic E-state index is 0.154. The Balaban J connectivity index is 1.67. The lowest BCUT2D eigenvalue weighted by Crippen LogP contribution is -2.38. The van der Waals surface area contributed by atoms with Gasteiger partial charge in [0.1, 0.15) is 18.1 Å². The highest BCUT2D eigenvalue weighted by atomic mass is 16.5. The van der Waals surface area contributed by atoms with Crippen molar-refractivity contribution in [3.8, 4) is 11.5 Å². The van der Waals surface area contributed by atoms with E-state index in [9.17, 15) is 4.79 Å². The molecule has 0 aliphatic heterocycles. The van der Waals surface area contributed by atoms with Crippen molar-refractivity contribution >= 4 is 5.91 Å². The predicted octanol–water partition coefficient (Wildman–Crippen LogP) is 3.21. The fourth-order valence-corrected chi connectivity index (χ4v) is 2.06. The van der Waals surface area contributed by atoms with E-state index in [1.807, 2.05) is 54.6 Å². The summed E-state index contributed by atoms with van der Waals surface area (Å²) in [4.78, 5) is 12.0. The first kappa shape index (κ1) is 16.9. The van der Waals surface area contributed by atoms with E-state index >= 15 is 0 Å². The number of carbonyl (C=O) groups is 1. The van der Waals surface area contributed by atoms with Gasteiger partial charge in [-0.15, -0.1) is 0 Å². The standard InChI is InChI=1S/C19H23NO3/c1-3-16-9-11-17(12-10-16)22-14-13-20-19(21)15(2)23-18-7-5-4-6-8-18/h4-12,15H,3,13-14H2,1-2H3,(H,20,21)/t15-/m0/s1. The largest absolute Gasteiger partial charge is 0.492 e. The van der Waals surface area contributed by atoms with Crippen LogP contribution in [0.3, 0.4) is 0 Å². The minimum Gasteiger partial charge on any atom is -0.492 e. The molecule has 1 N–H and O–H groups in total. The molecule has 0 aliphatic rings.